The van der Waals surface area contributed by atoms with Crippen molar-refractivity contribution >= 4 is 11.6 Å². The summed E-state index contributed by atoms with van der Waals surface area (Å²) in [6.07, 6.45) is 4.97. The summed E-state index contributed by atoms with van der Waals surface area (Å²) in [4.78, 5) is 0. The standard InChI is InChI=1S/C15H22ClN/c1-12(7-8-16)10-17-11-13-5-6-14-3-2-4-15(14)9-13/h5-6,9,12,17H,2-4,7-8,10-11H2,1H3. The lowest BCUT2D eigenvalue weighted by atomic mass is 10.1. The lowest BCUT2D eigenvalue weighted by Crippen LogP contribution is -2.21. The molecule has 1 unspecified atom stereocenters. The molecule has 2 heteroatoms. The average molecular weight is 252 g/mol. The Morgan fingerprint density at radius 3 is 2.94 bits per heavy atom. The Kier molecular flexibility index (Phi) is 4.87. The number of aryl methyl sites for hydroxylation is 2. The van der Waals surface area contributed by atoms with Gasteiger partial charge in [-0.25, -0.2) is 0 Å². The maximum atomic E-state index is 5.73. The SMILES string of the molecule is CC(CCCl)CNCc1ccc2c(c1)CCC2. The summed E-state index contributed by atoms with van der Waals surface area (Å²) >= 11 is 5.73. The van der Waals surface area contributed by atoms with E-state index in [0.29, 0.717) is 5.92 Å². The molecule has 0 fully saturated rings. The first-order valence-electron chi connectivity index (χ1n) is 6.67. The molecule has 94 valence electrons. The predicted octanol–water partition coefficient (Wildman–Crippen LogP) is 3.53. The molecule has 1 aromatic rings. The van der Waals surface area contributed by atoms with E-state index >= 15 is 0 Å². The fraction of sp³-hybridized carbons (Fsp3) is 0.600. The van der Waals surface area contributed by atoms with Crippen molar-refractivity contribution < 1.29 is 0 Å². The summed E-state index contributed by atoms with van der Waals surface area (Å²) in [5.74, 6) is 1.43. The highest BCUT2D eigenvalue weighted by atomic mass is 35.5. The molecule has 0 spiro atoms. The molecule has 1 aliphatic rings. The Labute approximate surface area is 110 Å². The van der Waals surface area contributed by atoms with Crippen molar-refractivity contribution in [2.45, 2.75) is 39.2 Å². The summed E-state index contributed by atoms with van der Waals surface area (Å²) in [6.45, 7) is 4.29. The fourth-order valence-corrected chi connectivity index (χ4v) is 2.86. The van der Waals surface area contributed by atoms with Gasteiger partial charge in [0.25, 0.3) is 0 Å². The van der Waals surface area contributed by atoms with Crippen LogP contribution >= 0.6 is 11.6 Å². The van der Waals surface area contributed by atoms with E-state index in [4.69, 9.17) is 11.6 Å². The summed E-state index contributed by atoms with van der Waals surface area (Å²) in [7, 11) is 0. The lowest BCUT2D eigenvalue weighted by Gasteiger charge is -2.11. The summed E-state index contributed by atoms with van der Waals surface area (Å²) in [5, 5.41) is 3.52. The van der Waals surface area contributed by atoms with Gasteiger partial charge in [-0.3, -0.25) is 0 Å². The van der Waals surface area contributed by atoms with Gasteiger partial charge in [0, 0.05) is 12.4 Å². The largest absolute Gasteiger partial charge is 0.312 e. The minimum Gasteiger partial charge on any atom is -0.312 e. The molecule has 1 aromatic carbocycles. The van der Waals surface area contributed by atoms with Crippen molar-refractivity contribution in [3.05, 3.63) is 34.9 Å². The molecule has 1 aliphatic carbocycles. The van der Waals surface area contributed by atoms with Gasteiger partial charge in [-0.2, -0.15) is 0 Å². The first-order chi connectivity index (χ1) is 8.29. The molecule has 0 bridgehead atoms. The molecule has 2 rings (SSSR count). The van der Waals surface area contributed by atoms with E-state index in [1.54, 1.807) is 11.1 Å². The van der Waals surface area contributed by atoms with Gasteiger partial charge in [-0.15, -0.1) is 11.6 Å². The highest BCUT2D eigenvalue weighted by molar-refractivity contribution is 6.17. The zero-order valence-electron chi connectivity index (χ0n) is 10.6. The van der Waals surface area contributed by atoms with Crippen LogP contribution in [0.25, 0.3) is 0 Å². The molecule has 0 aromatic heterocycles. The zero-order valence-corrected chi connectivity index (χ0v) is 11.4. The van der Waals surface area contributed by atoms with E-state index in [1.807, 2.05) is 0 Å². The highest BCUT2D eigenvalue weighted by Crippen LogP contribution is 2.22. The number of hydrogen-bond donors (Lipinski definition) is 1. The van der Waals surface area contributed by atoms with Crippen molar-refractivity contribution in [1.29, 1.82) is 0 Å². The lowest BCUT2D eigenvalue weighted by molar-refractivity contribution is 0.502. The number of alkyl halides is 1. The van der Waals surface area contributed by atoms with Gasteiger partial charge in [0.05, 0.1) is 0 Å². The Morgan fingerprint density at radius 2 is 2.12 bits per heavy atom. The van der Waals surface area contributed by atoms with Crippen LogP contribution < -0.4 is 5.32 Å². The zero-order chi connectivity index (χ0) is 12.1. The molecule has 1 nitrogen and oxygen atoms in total. The van der Waals surface area contributed by atoms with E-state index in [-0.39, 0.29) is 0 Å². The number of fused-ring (bicyclic) bond motifs is 1. The van der Waals surface area contributed by atoms with Crippen molar-refractivity contribution in [3.63, 3.8) is 0 Å². The van der Waals surface area contributed by atoms with Gasteiger partial charge in [-0.1, -0.05) is 25.1 Å². The number of benzene rings is 1. The maximum Gasteiger partial charge on any atom is 0.0226 e. The maximum absolute atomic E-state index is 5.73. The minimum absolute atomic E-state index is 0.668. The molecule has 0 amide bonds. The third kappa shape index (κ3) is 3.72. The predicted molar refractivity (Wildman–Crippen MR) is 74.7 cm³/mol. The summed E-state index contributed by atoms with van der Waals surface area (Å²) < 4.78 is 0. The van der Waals surface area contributed by atoms with Crippen molar-refractivity contribution in [2.24, 2.45) is 5.92 Å². The van der Waals surface area contributed by atoms with Gasteiger partial charge in [0.1, 0.15) is 0 Å². The highest BCUT2D eigenvalue weighted by Gasteiger charge is 2.10. The molecular weight excluding hydrogens is 230 g/mol. The van der Waals surface area contributed by atoms with Gasteiger partial charge < -0.3 is 5.32 Å². The second kappa shape index (κ2) is 6.42. The number of halogens is 1. The summed E-state index contributed by atoms with van der Waals surface area (Å²) in [6, 6.07) is 6.95. The van der Waals surface area contributed by atoms with Crippen LogP contribution in [0.15, 0.2) is 18.2 Å². The van der Waals surface area contributed by atoms with E-state index in [0.717, 1.165) is 25.4 Å². The Bertz CT molecular complexity index is 362. The van der Waals surface area contributed by atoms with Gasteiger partial charge in [0.15, 0.2) is 0 Å². The van der Waals surface area contributed by atoms with E-state index in [9.17, 15) is 0 Å². The molecule has 1 N–H and O–H groups in total. The van der Waals surface area contributed by atoms with Crippen molar-refractivity contribution in [1.82, 2.24) is 5.32 Å². The topological polar surface area (TPSA) is 12.0 Å². The Hall–Kier alpha value is -0.530. The van der Waals surface area contributed by atoms with Crippen LogP contribution in [0.1, 0.15) is 36.5 Å². The van der Waals surface area contributed by atoms with Crippen LogP contribution in [0.2, 0.25) is 0 Å². The third-order valence-electron chi connectivity index (χ3n) is 3.59. The smallest absolute Gasteiger partial charge is 0.0226 e. The molecular formula is C15H22ClN. The number of hydrogen-bond acceptors (Lipinski definition) is 1. The summed E-state index contributed by atoms with van der Waals surface area (Å²) in [5.41, 5.74) is 4.55. The van der Waals surface area contributed by atoms with Crippen LogP contribution in [0, 0.1) is 5.92 Å². The van der Waals surface area contributed by atoms with Crippen molar-refractivity contribution in [2.75, 3.05) is 12.4 Å². The quantitative estimate of drug-likeness (QED) is 0.763. The van der Waals surface area contributed by atoms with E-state index < -0.39 is 0 Å². The van der Waals surface area contributed by atoms with Gasteiger partial charge in [0.2, 0.25) is 0 Å². The monoisotopic (exact) mass is 251 g/mol. The van der Waals surface area contributed by atoms with Gasteiger partial charge in [-0.05, 0) is 54.8 Å². The average Bonchev–Trinajstić information content (AvgIpc) is 2.76. The van der Waals surface area contributed by atoms with Crippen LogP contribution in [0.3, 0.4) is 0 Å². The molecule has 0 saturated heterocycles. The number of rotatable bonds is 6. The third-order valence-corrected chi connectivity index (χ3v) is 3.80. The van der Waals surface area contributed by atoms with E-state index in [1.165, 1.54) is 24.8 Å². The minimum atomic E-state index is 0.668. The molecule has 0 aliphatic heterocycles. The first kappa shape index (κ1) is 12.9. The van der Waals surface area contributed by atoms with Gasteiger partial charge >= 0.3 is 0 Å². The number of nitrogens with one attached hydrogen (secondary N) is 1. The van der Waals surface area contributed by atoms with Crippen LogP contribution in [0.4, 0.5) is 0 Å². The molecule has 0 heterocycles. The van der Waals surface area contributed by atoms with Crippen LogP contribution in [0.5, 0.6) is 0 Å². The molecule has 1 atom stereocenters. The van der Waals surface area contributed by atoms with Crippen molar-refractivity contribution in [3.8, 4) is 0 Å². The van der Waals surface area contributed by atoms with E-state index in [2.05, 4.69) is 30.4 Å². The normalized spacial score (nSPS) is 15.9. The van der Waals surface area contributed by atoms with Crippen LogP contribution in [-0.4, -0.2) is 12.4 Å². The Morgan fingerprint density at radius 1 is 1.29 bits per heavy atom. The fourth-order valence-electron chi connectivity index (χ4n) is 2.49. The Balaban J connectivity index is 1.79. The van der Waals surface area contributed by atoms with Crippen LogP contribution in [-0.2, 0) is 19.4 Å². The first-order valence-corrected chi connectivity index (χ1v) is 7.20. The second-order valence-electron chi connectivity index (χ2n) is 5.17. The second-order valence-corrected chi connectivity index (χ2v) is 5.55. The molecule has 0 saturated carbocycles. The molecule has 17 heavy (non-hydrogen) atoms. The molecule has 0 radical (unpaired) electrons.